The quantitative estimate of drug-likeness (QED) is 0.715. The number of benzene rings is 1. The number of hydrogen-bond acceptors (Lipinski definition) is 4. The molecule has 146 valence electrons. The zero-order chi connectivity index (χ0) is 19.2. The molecule has 2 N–H and O–H groups in total. The Morgan fingerprint density at radius 1 is 1.19 bits per heavy atom. The van der Waals surface area contributed by atoms with E-state index in [0.29, 0.717) is 19.0 Å². The molecule has 1 heterocycles. The molecule has 26 heavy (non-hydrogen) atoms. The van der Waals surface area contributed by atoms with Crippen molar-refractivity contribution in [3.8, 4) is 0 Å². The Morgan fingerprint density at radius 3 is 2.35 bits per heavy atom. The number of sulfonamides is 1. The lowest BCUT2D eigenvalue weighted by Crippen LogP contribution is -2.47. The highest BCUT2D eigenvalue weighted by atomic mass is 32.2. The standard InChI is InChI=1S/C19H31N3O3S/c1-15(2)17-6-4-16(5-7-17)8-11-20-19(23)14-22-12-9-18(10-13-22)21-26(3,24)25/h4-7,15,18,21H,8-14H2,1-3H3,(H,20,23). The van der Waals surface area contributed by atoms with Gasteiger partial charge in [-0.2, -0.15) is 0 Å². The topological polar surface area (TPSA) is 78.5 Å². The summed E-state index contributed by atoms with van der Waals surface area (Å²) in [5.74, 6) is 0.554. The van der Waals surface area contributed by atoms with Gasteiger partial charge in [0.1, 0.15) is 0 Å². The van der Waals surface area contributed by atoms with Gasteiger partial charge in [-0.25, -0.2) is 13.1 Å². The molecular formula is C19H31N3O3S. The van der Waals surface area contributed by atoms with Gasteiger partial charge in [0.25, 0.3) is 0 Å². The van der Waals surface area contributed by atoms with Gasteiger partial charge in [0.15, 0.2) is 0 Å². The molecule has 6 nitrogen and oxygen atoms in total. The van der Waals surface area contributed by atoms with E-state index >= 15 is 0 Å². The summed E-state index contributed by atoms with van der Waals surface area (Å²) < 4.78 is 25.2. The summed E-state index contributed by atoms with van der Waals surface area (Å²) >= 11 is 0. The maximum Gasteiger partial charge on any atom is 0.234 e. The average Bonchev–Trinajstić information content (AvgIpc) is 2.56. The Hall–Kier alpha value is -1.44. The third-order valence-electron chi connectivity index (χ3n) is 4.72. The smallest absolute Gasteiger partial charge is 0.234 e. The van der Waals surface area contributed by atoms with Gasteiger partial charge in [0.2, 0.25) is 15.9 Å². The fraction of sp³-hybridized carbons (Fsp3) is 0.632. The lowest BCUT2D eigenvalue weighted by molar-refractivity contribution is -0.122. The molecule has 0 unspecified atom stereocenters. The number of piperidine rings is 1. The van der Waals surface area contributed by atoms with Crippen LogP contribution in [-0.2, 0) is 21.2 Å². The van der Waals surface area contributed by atoms with Crippen LogP contribution < -0.4 is 10.0 Å². The Labute approximate surface area is 157 Å². The molecule has 0 atom stereocenters. The molecule has 1 aromatic carbocycles. The van der Waals surface area contributed by atoms with Crippen molar-refractivity contribution in [3.63, 3.8) is 0 Å². The third-order valence-corrected chi connectivity index (χ3v) is 5.48. The molecular weight excluding hydrogens is 350 g/mol. The molecule has 0 saturated carbocycles. The van der Waals surface area contributed by atoms with Crippen molar-refractivity contribution in [2.75, 3.05) is 32.4 Å². The second-order valence-corrected chi connectivity index (χ2v) is 9.22. The Bertz CT molecular complexity index is 678. The van der Waals surface area contributed by atoms with E-state index in [1.54, 1.807) is 0 Å². The fourth-order valence-electron chi connectivity index (χ4n) is 3.19. The van der Waals surface area contributed by atoms with Crippen molar-refractivity contribution in [1.29, 1.82) is 0 Å². The molecule has 1 aromatic rings. The summed E-state index contributed by atoms with van der Waals surface area (Å²) in [4.78, 5) is 14.2. The Kier molecular flexibility index (Phi) is 7.61. The number of carbonyl (C=O) groups is 1. The highest BCUT2D eigenvalue weighted by molar-refractivity contribution is 7.88. The molecule has 0 spiro atoms. The number of likely N-dealkylation sites (tertiary alicyclic amines) is 1. The minimum absolute atomic E-state index is 0.0156. The summed E-state index contributed by atoms with van der Waals surface area (Å²) in [7, 11) is -3.16. The molecule has 0 bridgehead atoms. The minimum atomic E-state index is -3.16. The van der Waals surface area contributed by atoms with E-state index in [0.717, 1.165) is 32.4 Å². The number of rotatable bonds is 8. The Morgan fingerprint density at radius 2 is 1.81 bits per heavy atom. The predicted octanol–water partition coefficient (Wildman–Crippen LogP) is 1.48. The van der Waals surface area contributed by atoms with Crippen LogP contribution >= 0.6 is 0 Å². The fourth-order valence-corrected chi connectivity index (χ4v) is 4.03. The van der Waals surface area contributed by atoms with Crippen molar-refractivity contribution >= 4 is 15.9 Å². The zero-order valence-electron chi connectivity index (χ0n) is 16.0. The molecule has 1 aliphatic heterocycles. The van der Waals surface area contributed by atoms with Crippen molar-refractivity contribution in [2.45, 2.75) is 45.1 Å². The molecule has 0 aliphatic carbocycles. The van der Waals surface area contributed by atoms with Gasteiger partial charge in [0.05, 0.1) is 12.8 Å². The molecule has 1 aliphatic rings. The first-order chi connectivity index (χ1) is 12.2. The predicted molar refractivity (Wildman–Crippen MR) is 105 cm³/mol. The number of amides is 1. The van der Waals surface area contributed by atoms with Gasteiger partial charge in [-0.3, -0.25) is 9.69 Å². The van der Waals surface area contributed by atoms with E-state index in [1.165, 1.54) is 17.4 Å². The van der Waals surface area contributed by atoms with Crippen LogP contribution in [0.1, 0.15) is 43.7 Å². The molecule has 7 heteroatoms. The van der Waals surface area contributed by atoms with Crippen LogP contribution in [0, 0.1) is 0 Å². The first-order valence-corrected chi connectivity index (χ1v) is 11.2. The van der Waals surface area contributed by atoms with Crippen LogP contribution in [0.3, 0.4) is 0 Å². The molecule has 0 radical (unpaired) electrons. The van der Waals surface area contributed by atoms with Crippen molar-refractivity contribution in [2.24, 2.45) is 0 Å². The van der Waals surface area contributed by atoms with Gasteiger partial charge in [-0.05, 0) is 36.3 Å². The van der Waals surface area contributed by atoms with E-state index in [4.69, 9.17) is 0 Å². The Balaban J connectivity index is 1.65. The number of nitrogens with zero attached hydrogens (tertiary/aromatic N) is 1. The van der Waals surface area contributed by atoms with Crippen LogP contribution in [0.2, 0.25) is 0 Å². The molecule has 1 amide bonds. The van der Waals surface area contributed by atoms with Crippen LogP contribution in [0.4, 0.5) is 0 Å². The molecule has 2 rings (SSSR count). The monoisotopic (exact) mass is 381 g/mol. The number of nitrogens with one attached hydrogen (secondary N) is 2. The normalized spacial score (nSPS) is 16.8. The maximum absolute atomic E-state index is 12.1. The highest BCUT2D eigenvalue weighted by Crippen LogP contribution is 2.15. The van der Waals surface area contributed by atoms with Crippen molar-refractivity contribution < 1.29 is 13.2 Å². The van der Waals surface area contributed by atoms with Crippen molar-refractivity contribution in [1.82, 2.24) is 14.9 Å². The van der Waals surface area contributed by atoms with Gasteiger partial charge >= 0.3 is 0 Å². The number of hydrogen-bond donors (Lipinski definition) is 2. The third kappa shape index (κ3) is 7.43. The summed E-state index contributed by atoms with van der Waals surface area (Å²) in [6, 6.07) is 8.54. The van der Waals surface area contributed by atoms with Crippen molar-refractivity contribution in [3.05, 3.63) is 35.4 Å². The highest BCUT2D eigenvalue weighted by Gasteiger charge is 2.22. The average molecular weight is 382 g/mol. The largest absolute Gasteiger partial charge is 0.355 e. The van der Waals surface area contributed by atoms with Gasteiger partial charge in [-0.1, -0.05) is 38.1 Å². The lowest BCUT2D eigenvalue weighted by Gasteiger charge is -2.31. The van der Waals surface area contributed by atoms with Crippen LogP contribution in [0.5, 0.6) is 0 Å². The van der Waals surface area contributed by atoms with Crippen LogP contribution in [0.15, 0.2) is 24.3 Å². The minimum Gasteiger partial charge on any atom is -0.355 e. The van der Waals surface area contributed by atoms with Crippen LogP contribution in [-0.4, -0.2) is 57.7 Å². The summed E-state index contributed by atoms with van der Waals surface area (Å²) in [5, 5.41) is 2.97. The second kappa shape index (κ2) is 9.48. The van der Waals surface area contributed by atoms with E-state index < -0.39 is 10.0 Å². The van der Waals surface area contributed by atoms with Gasteiger partial charge in [-0.15, -0.1) is 0 Å². The molecule has 1 fully saturated rings. The summed E-state index contributed by atoms with van der Waals surface area (Å²) in [6.07, 6.45) is 3.48. The summed E-state index contributed by atoms with van der Waals surface area (Å²) in [5.41, 5.74) is 2.55. The van der Waals surface area contributed by atoms with E-state index in [1.807, 2.05) is 0 Å². The van der Waals surface area contributed by atoms with Crippen LogP contribution in [0.25, 0.3) is 0 Å². The zero-order valence-corrected chi connectivity index (χ0v) is 16.8. The van der Waals surface area contributed by atoms with E-state index in [2.05, 4.69) is 53.1 Å². The SMILES string of the molecule is CC(C)c1ccc(CCNC(=O)CN2CCC(NS(C)(=O)=O)CC2)cc1. The maximum atomic E-state index is 12.1. The number of carbonyl (C=O) groups excluding carboxylic acids is 1. The van der Waals surface area contributed by atoms with E-state index in [9.17, 15) is 13.2 Å². The van der Waals surface area contributed by atoms with Gasteiger partial charge < -0.3 is 5.32 Å². The second-order valence-electron chi connectivity index (χ2n) is 7.44. The first-order valence-electron chi connectivity index (χ1n) is 9.28. The lowest BCUT2D eigenvalue weighted by atomic mass is 10.0. The first kappa shape index (κ1) is 20.9. The molecule has 1 saturated heterocycles. The van der Waals surface area contributed by atoms with Gasteiger partial charge in [0, 0.05) is 25.7 Å². The van der Waals surface area contributed by atoms with E-state index in [-0.39, 0.29) is 11.9 Å². The summed E-state index contributed by atoms with van der Waals surface area (Å²) in [6.45, 7) is 6.82. The molecule has 0 aromatic heterocycles.